The zero-order valence-electron chi connectivity index (χ0n) is 20.1. The van der Waals surface area contributed by atoms with E-state index in [0.717, 1.165) is 18.5 Å². The molecule has 0 amide bonds. The first kappa shape index (κ1) is 21.1. The number of hydrogen-bond acceptors (Lipinski definition) is 1. The maximum atomic E-state index is 4.93. The summed E-state index contributed by atoms with van der Waals surface area (Å²) in [5.74, 6) is 0.571. The molecule has 0 N–H and O–H groups in total. The van der Waals surface area contributed by atoms with E-state index in [1.54, 1.807) is 0 Å². The fraction of sp³-hybridized carbons (Fsp3) is 0.483. The minimum absolute atomic E-state index is 0.0992. The highest BCUT2D eigenvalue weighted by Gasteiger charge is 2.56. The fourth-order valence-corrected chi connectivity index (χ4v) is 5.72. The summed E-state index contributed by atoms with van der Waals surface area (Å²) in [7, 11) is 0. The lowest BCUT2D eigenvalue weighted by atomic mass is 9.59. The van der Waals surface area contributed by atoms with Gasteiger partial charge in [0.2, 0.25) is 0 Å². The number of rotatable bonds is 4. The Bertz CT molecular complexity index is 1100. The van der Waals surface area contributed by atoms with Gasteiger partial charge in [0.25, 0.3) is 0 Å². The van der Waals surface area contributed by atoms with Gasteiger partial charge in [-0.1, -0.05) is 85.7 Å². The summed E-state index contributed by atoms with van der Waals surface area (Å²) in [6.45, 7) is 19.1. The normalized spacial score (nSPS) is 18.7. The number of hydrogen-bond donors (Lipinski definition) is 0. The number of aromatic nitrogens is 1. The van der Waals surface area contributed by atoms with Crippen molar-refractivity contribution in [3.63, 3.8) is 0 Å². The van der Waals surface area contributed by atoms with Crippen LogP contribution in [0.5, 0.6) is 0 Å². The van der Waals surface area contributed by atoms with Crippen molar-refractivity contribution in [3.8, 4) is 11.3 Å². The highest BCUT2D eigenvalue weighted by atomic mass is 14.7. The maximum Gasteiger partial charge on any atom is 0.0783 e. The van der Waals surface area contributed by atoms with Gasteiger partial charge >= 0.3 is 0 Å². The van der Waals surface area contributed by atoms with E-state index in [0.29, 0.717) is 5.92 Å². The van der Waals surface area contributed by atoms with E-state index in [-0.39, 0.29) is 16.2 Å². The summed E-state index contributed by atoms with van der Waals surface area (Å²) in [5.41, 5.74) is 7.24. The number of benzene rings is 2. The average Bonchev–Trinajstić information content (AvgIpc) is 2.82. The number of pyridine rings is 1. The van der Waals surface area contributed by atoms with Crippen LogP contribution in [0.25, 0.3) is 22.0 Å². The van der Waals surface area contributed by atoms with Crippen molar-refractivity contribution in [2.75, 3.05) is 0 Å². The van der Waals surface area contributed by atoms with Crippen LogP contribution in [0, 0.1) is 5.41 Å². The molecule has 0 atom stereocenters. The third kappa shape index (κ3) is 2.70. The monoisotopic (exact) mass is 399 g/mol. The smallest absolute Gasteiger partial charge is 0.0783 e. The van der Waals surface area contributed by atoms with Crippen LogP contribution in [-0.2, 0) is 10.8 Å². The molecule has 1 heteroatoms. The van der Waals surface area contributed by atoms with Gasteiger partial charge in [0, 0.05) is 17.1 Å². The summed E-state index contributed by atoms with van der Waals surface area (Å²) < 4.78 is 0. The van der Waals surface area contributed by atoms with Crippen LogP contribution < -0.4 is 0 Å². The number of nitrogens with zero attached hydrogens (tertiary/aromatic N) is 1. The highest BCUT2D eigenvalue weighted by molar-refractivity contribution is 5.96. The van der Waals surface area contributed by atoms with Gasteiger partial charge in [-0.2, -0.15) is 0 Å². The van der Waals surface area contributed by atoms with Gasteiger partial charge in [-0.3, -0.25) is 4.98 Å². The number of fused-ring (bicyclic) bond motifs is 2. The van der Waals surface area contributed by atoms with E-state index >= 15 is 0 Å². The van der Waals surface area contributed by atoms with E-state index in [1.807, 2.05) is 6.20 Å². The Balaban J connectivity index is 2.02. The molecule has 0 spiro atoms. The molecule has 4 rings (SSSR count). The molecular formula is C29H37N. The lowest BCUT2D eigenvalue weighted by molar-refractivity contribution is 0.125. The van der Waals surface area contributed by atoms with Crippen molar-refractivity contribution in [1.82, 2.24) is 4.98 Å². The van der Waals surface area contributed by atoms with Gasteiger partial charge < -0.3 is 0 Å². The molecule has 0 saturated carbocycles. The molecule has 0 saturated heterocycles. The Hall–Kier alpha value is -2.15. The molecule has 1 nitrogen and oxygen atoms in total. The van der Waals surface area contributed by atoms with Crippen molar-refractivity contribution < 1.29 is 0 Å². The van der Waals surface area contributed by atoms with Crippen LogP contribution >= 0.6 is 0 Å². The Morgan fingerprint density at radius 1 is 0.800 bits per heavy atom. The van der Waals surface area contributed by atoms with Gasteiger partial charge in [-0.25, -0.2) is 0 Å². The van der Waals surface area contributed by atoms with Gasteiger partial charge in [0.05, 0.1) is 5.69 Å². The molecule has 1 heterocycles. The Morgan fingerprint density at radius 3 is 2.03 bits per heavy atom. The second-order valence-electron chi connectivity index (χ2n) is 10.8. The molecule has 1 aliphatic rings. The van der Waals surface area contributed by atoms with Crippen molar-refractivity contribution >= 4 is 10.8 Å². The minimum Gasteiger partial charge on any atom is -0.256 e. The minimum atomic E-state index is 0.0992. The van der Waals surface area contributed by atoms with Crippen LogP contribution in [0.4, 0.5) is 0 Å². The molecule has 158 valence electrons. The Labute approximate surface area is 182 Å². The third-order valence-corrected chi connectivity index (χ3v) is 9.02. The van der Waals surface area contributed by atoms with Gasteiger partial charge in [-0.15, -0.1) is 0 Å². The molecule has 0 bridgehead atoms. The van der Waals surface area contributed by atoms with Crippen molar-refractivity contribution in [1.29, 1.82) is 0 Å². The zero-order valence-corrected chi connectivity index (χ0v) is 20.1. The van der Waals surface area contributed by atoms with Crippen molar-refractivity contribution in [3.05, 3.63) is 65.4 Å². The van der Waals surface area contributed by atoms with E-state index in [1.165, 1.54) is 33.0 Å². The van der Waals surface area contributed by atoms with Crippen molar-refractivity contribution in [2.45, 2.75) is 85.0 Å². The van der Waals surface area contributed by atoms with Crippen LogP contribution in [0.15, 0.2) is 48.7 Å². The predicted octanol–water partition coefficient (Wildman–Crippen LogP) is 8.40. The zero-order chi connectivity index (χ0) is 21.9. The molecule has 2 aromatic carbocycles. The first-order valence-corrected chi connectivity index (χ1v) is 11.6. The fourth-order valence-electron chi connectivity index (χ4n) is 5.72. The molecular weight excluding hydrogens is 362 g/mol. The molecule has 0 radical (unpaired) electrons. The predicted molar refractivity (Wildman–Crippen MR) is 130 cm³/mol. The Morgan fingerprint density at radius 2 is 1.40 bits per heavy atom. The Kier molecular flexibility index (Phi) is 4.88. The van der Waals surface area contributed by atoms with Crippen LogP contribution in [0.3, 0.4) is 0 Å². The third-order valence-electron chi connectivity index (χ3n) is 9.02. The first-order chi connectivity index (χ1) is 14.1. The highest BCUT2D eigenvalue weighted by Crippen LogP contribution is 2.62. The summed E-state index contributed by atoms with van der Waals surface area (Å²) >= 11 is 0. The van der Waals surface area contributed by atoms with E-state index in [2.05, 4.69) is 97.9 Å². The summed E-state index contributed by atoms with van der Waals surface area (Å²) in [6.07, 6.45) is 4.30. The van der Waals surface area contributed by atoms with Gasteiger partial charge in [0.1, 0.15) is 0 Å². The lowest BCUT2D eigenvalue weighted by Gasteiger charge is -2.44. The van der Waals surface area contributed by atoms with Gasteiger partial charge in [0.15, 0.2) is 0 Å². The topological polar surface area (TPSA) is 12.9 Å². The van der Waals surface area contributed by atoms with Crippen LogP contribution in [-0.4, -0.2) is 4.98 Å². The molecule has 1 aliphatic carbocycles. The van der Waals surface area contributed by atoms with E-state index in [9.17, 15) is 0 Å². The lowest BCUT2D eigenvalue weighted by Crippen LogP contribution is -2.42. The van der Waals surface area contributed by atoms with E-state index in [4.69, 9.17) is 4.98 Å². The standard InChI is InChI=1S/C29H37N/c1-9-19(10-2)21-13-11-12-14-22(21)26-23-18-25-24(17-20(23)15-16-30-26)27(3,4)29(7,8)28(25,5)6/h11-19H,9-10H2,1-8H3. The molecule has 0 fully saturated rings. The molecule has 30 heavy (non-hydrogen) atoms. The van der Waals surface area contributed by atoms with Gasteiger partial charge in [-0.05, 0) is 69.2 Å². The molecule has 0 unspecified atom stereocenters. The van der Waals surface area contributed by atoms with E-state index < -0.39 is 0 Å². The summed E-state index contributed by atoms with van der Waals surface area (Å²) in [6, 6.07) is 16.0. The second-order valence-corrected chi connectivity index (χ2v) is 10.8. The SMILES string of the molecule is CCC(CC)c1ccccc1-c1nccc2cc3c(cc12)C(C)(C)C(C)(C)C3(C)C. The maximum absolute atomic E-state index is 4.93. The largest absolute Gasteiger partial charge is 0.256 e. The molecule has 3 aromatic rings. The molecule has 0 aliphatic heterocycles. The quantitative estimate of drug-likeness (QED) is 0.429. The van der Waals surface area contributed by atoms with Crippen LogP contribution in [0.1, 0.15) is 90.8 Å². The second kappa shape index (κ2) is 6.94. The van der Waals surface area contributed by atoms with Crippen LogP contribution in [0.2, 0.25) is 0 Å². The van der Waals surface area contributed by atoms with Crippen molar-refractivity contribution in [2.24, 2.45) is 5.41 Å². The first-order valence-electron chi connectivity index (χ1n) is 11.6. The summed E-state index contributed by atoms with van der Waals surface area (Å²) in [5, 5.41) is 2.59. The average molecular weight is 400 g/mol. The molecule has 1 aromatic heterocycles. The summed E-state index contributed by atoms with van der Waals surface area (Å²) in [4.78, 5) is 4.93.